The Hall–Kier alpha value is -3.40. The monoisotopic (exact) mass is 480 g/mol. The summed E-state index contributed by atoms with van der Waals surface area (Å²) in [5, 5.41) is 7.43. The summed E-state index contributed by atoms with van der Waals surface area (Å²) in [5.41, 5.74) is 7.97. The van der Waals surface area contributed by atoms with E-state index in [4.69, 9.17) is 16.9 Å². The van der Waals surface area contributed by atoms with E-state index < -0.39 is 6.19 Å². The summed E-state index contributed by atoms with van der Waals surface area (Å²) in [4.78, 5) is 0. The molecule has 0 amide bonds. The molecule has 6 heteroatoms. The molecule has 1 unspecified atom stereocenters. The van der Waals surface area contributed by atoms with Gasteiger partial charge in [-0.3, -0.25) is 0 Å². The predicted octanol–water partition coefficient (Wildman–Crippen LogP) is 5.79. The molecule has 0 spiro atoms. The zero-order valence-corrected chi connectivity index (χ0v) is 21.1. The van der Waals surface area contributed by atoms with E-state index in [-0.39, 0.29) is 0 Å². The van der Waals surface area contributed by atoms with Gasteiger partial charge in [-0.05, 0) is 50.2 Å². The van der Waals surface area contributed by atoms with Crippen molar-refractivity contribution in [2.75, 3.05) is 4.78 Å². The zero-order chi connectivity index (χ0) is 23.4. The van der Waals surface area contributed by atoms with Crippen LogP contribution in [0.2, 0.25) is 0 Å². The highest BCUT2D eigenvalue weighted by Gasteiger charge is 2.41. The highest BCUT2D eigenvalue weighted by molar-refractivity contribution is 8.22. The molecule has 3 heterocycles. The van der Waals surface area contributed by atoms with Crippen molar-refractivity contribution in [1.82, 2.24) is 9.13 Å². The summed E-state index contributed by atoms with van der Waals surface area (Å²) in [5.74, 6) is 0. The first kappa shape index (κ1) is 21.2. The van der Waals surface area contributed by atoms with Crippen molar-refractivity contribution in [2.45, 2.75) is 13.8 Å². The molecule has 0 saturated carbocycles. The molecule has 0 radical (unpaired) electrons. The number of aryl methyl sites for hydroxylation is 1. The average Bonchev–Trinajstić information content (AvgIpc) is 3.35. The van der Waals surface area contributed by atoms with E-state index in [2.05, 4.69) is 120 Å². The molecule has 0 aliphatic carbocycles. The van der Waals surface area contributed by atoms with Gasteiger partial charge in [-0.1, -0.05) is 66.4 Å². The third-order valence-electron chi connectivity index (χ3n) is 6.76. The number of nitrogens with zero attached hydrogens (tertiary/aromatic N) is 4. The Kier molecular flexibility index (Phi) is 4.87. The smallest absolute Gasteiger partial charge is 0.133 e. The number of hydrazone groups is 1. The quantitative estimate of drug-likeness (QED) is 0.306. The van der Waals surface area contributed by atoms with Gasteiger partial charge in [-0.15, -0.1) is 0 Å². The molecule has 6 rings (SSSR count). The molecule has 1 aliphatic heterocycles. The van der Waals surface area contributed by atoms with Gasteiger partial charge in [0.25, 0.3) is 0 Å². The van der Waals surface area contributed by atoms with Crippen LogP contribution in [0.1, 0.15) is 17.0 Å². The number of rotatable bonds is 3. The molecular weight excluding hydrogens is 455 g/mol. The van der Waals surface area contributed by atoms with Crippen molar-refractivity contribution in [3.8, 4) is 5.69 Å². The molecule has 3 aromatic carbocycles. The molecule has 0 N–H and O–H groups in total. The second-order valence-electron chi connectivity index (χ2n) is 8.67. The van der Waals surface area contributed by atoms with Crippen molar-refractivity contribution in [3.63, 3.8) is 0 Å². The second kappa shape index (κ2) is 7.83. The molecule has 2 aromatic heterocycles. The number of hydrogen-bond acceptors (Lipinski definition) is 2. The summed E-state index contributed by atoms with van der Waals surface area (Å²) in [6.45, 7) is 4.37. The predicted molar refractivity (Wildman–Crippen MR) is 148 cm³/mol. The minimum absolute atomic E-state index is 1.02. The van der Waals surface area contributed by atoms with Crippen molar-refractivity contribution in [1.29, 1.82) is 0 Å². The Bertz CT molecular complexity index is 1610. The molecule has 5 aromatic rings. The van der Waals surface area contributed by atoms with Crippen LogP contribution >= 0.6 is 6.19 Å². The number of hydrogen-bond donors (Lipinski definition) is 0. The Morgan fingerprint density at radius 2 is 1.38 bits per heavy atom. The Morgan fingerprint density at radius 1 is 0.765 bits per heavy atom. The maximum atomic E-state index is 6.81. The van der Waals surface area contributed by atoms with E-state index in [0.717, 1.165) is 22.4 Å². The average molecular weight is 481 g/mol. The van der Waals surface area contributed by atoms with E-state index in [1.54, 1.807) is 0 Å². The number of aromatic nitrogens is 2. The van der Waals surface area contributed by atoms with Crippen LogP contribution in [0.15, 0.2) is 96.1 Å². The first-order chi connectivity index (χ1) is 16.5. The van der Waals surface area contributed by atoms with Crippen molar-refractivity contribution < 1.29 is 0 Å². The SMILES string of the molecule is Cc1c2c(c(C)n1-c1ccccc1)P(=S)(c1cc3ccccc3n1C)N(c1ccccc1)N=C2. The summed E-state index contributed by atoms with van der Waals surface area (Å²) in [7, 11) is 2.13. The number of anilines is 1. The molecule has 0 bridgehead atoms. The minimum atomic E-state index is -2.55. The molecular formula is C28H25N4PS. The van der Waals surface area contributed by atoms with Gasteiger partial charge in [0.05, 0.1) is 17.3 Å². The van der Waals surface area contributed by atoms with Crippen LogP contribution < -0.4 is 15.5 Å². The molecule has 34 heavy (non-hydrogen) atoms. The van der Waals surface area contributed by atoms with E-state index in [1.807, 2.05) is 12.3 Å². The first-order valence-electron chi connectivity index (χ1n) is 11.3. The number of para-hydroxylation sites is 3. The van der Waals surface area contributed by atoms with Crippen LogP contribution in [0.25, 0.3) is 16.6 Å². The molecule has 0 saturated heterocycles. The summed E-state index contributed by atoms with van der Waals surface area (Å²) in [6.07, 6.45) is -0.554. The molecule has 0 fully saturated rings. The summed E-state index contributed by atoms with van der Waals surface area (Å²) in [6, 6.07) is 31.6. The standard InChI is InChI=1S/C28H25N4PS/c1-20-25-19-29-32(24-15-8-5-9-16-24)33(34,27-18-22-12-10-11-17-26(22)30(27)3)28(25)21(2)31(20)23-13-6-4-7-14-23/h4-19H,1-3H3. The van der Waals surface area contributed by atoms with Gasteiger partial charge in [0.15, 0.2) is 0 Å². The normalized spacial score (nSPS) is 17.3. The van der Waals surface area contributed by atoms with Gasteiger partial charge in [-0.2, -0.15) is 5.10 Å². The van der Waals surface area contributed by atoms with E-state index in [1.165, 1.54) is 27.6 Å². The van der Waals surface area contributed by atoms with Crippen molar-refractivity contribution in [3.05, 3.63) is 108 Å². The van der Waals surface area contributed by atoms with E-state index in [0.29, 0.717) is 0 Å². The molecule has 1 atom stereocenters. The van der Waals surface area contributed by atoms with Gasteiger partial charge in [0, 0.05) is 45.9 Å². The second-order valence-corrected chi connectivity index (χ2v) is 12.7. The highest BCUT2D eigenvalue weighted by Crippen LogP contribution is 2.55. The van der Waals surface area contributed by atoms with Gasteiger partial charge in [0.1, 0.15) is 6.19 Å². The maximum Gasteiger partial charge on any atom is 0.133 e. The van der Waals surface area contributed by atoms with Crippen LogP contribution in [0, 0.1) is 13.8 Å². The molecule has 1 aliphatic rings. The lowest BCUT2D eigenvalue weighted by Crippen LogP contribution is -2.36. The first-order valence-corrected chi connectivity index (χ1v) is 14.1. The van der Waals surface area contributed by atoms with E-state index in [9.17, 15) is 0 Å². The van der Waals surface area contributed by atoms with Gasteiger partial charge in [0.2, 0.25) is 0 Å². The van der Waals surface area contributed by atoms with E-state index >= 15 is 0 Å². The van der Waals surface area contributed by atoms with Gasteiger partial charge in [-0.25, -0.2) is 4.78 Å². The van der Waals surface area contributed by atoms with Crippen LogP contribution in [0.4, 0.5) is 5.69 Å². The van der Waals surface area contributed by atoms with Crippen molar-refractivity contribution >= 4 is 51.5 Å². The molecule has 4 nitrogen and oxygen atoms in total. The van der Waals surface area contributed by atoms with Gasteiger partial charge < -0.3 is 9.13 Å². The summed E-state index contributed by atoms with van der Waals surface area (Å²) < 4.78 is 6.71. The fraction of sp³-hybridized carbons (Fsp3) is 0.107. The largest absolute Gasteiger partial charge is 0.341 e. The fourth-order valence-corrected chi connectivity index (χ4v) is 10.0. The third-order valence-corrected chi connectivity index (χ3v) is 11.4. The Balaban J connectivity index is 1.70. The number of fused-ring (bicyclic) bond motifs is 2. The number of benzene rings is 3. The molecule has 168 valence electrons. The lowest BCUT2D eigenvalue weighted by molar-refractivity contribution is 0.968. The highest BCUT2D eigenvalue weighted by atomic mass is 32.4. The minimum Gasteiger partial charge on any atom is -0.341 e. The third kappa shape index (κ3) is 2.91. The Morgan fingerprint density at radius 3 is 2.06 bits per heavy atom. The van der Waals surface area contributed by atoms with Crippen molar-refractivity contribution in [2.24, 2.45) is 12.1 Å². The lowest BCUT2D eigenvalue weighted by atomic mass is 10.2. The Labute approximate surface area is 204 Å². The fourth-order valence-electron chi connectivity index (χ4n) is 5.19. The zero-order valence-electron chi connectivity index (χ0n) is 19.4. The van der Waals surface area contributed by atoms with Crippen LogP contribution in [-0.4, -0.2) is 15.3 Å². The maximum absolute atomic E-state index is 6.81. The topological polar surface area (TPSA) is 25.5 Å². The van der Waals surface area contributed by atoms with Gasteiger partial charge >= 0.3 is 0 Å². The lowest BCUT2D eigenvalue weighted by Gasteiger charge is -2.36. The summed E-state index contributed by atoms with van der Waals surface area (Å²) >= 11 is 6.81. The van der Waals surface area contributed by atoms with Crippen LogP contribution in [-0.2, 0) is 18.9 Å². The van der Waals surface area contributed by atoms with Crippen LogP contribution in [0.5, 0.6) is 0 Å². The van der Waals surface area contributed by atoms with Crippen LogP contribution in [0.3, 0.4) is 0 Å².